The predicted octanol–water partition coefficient (Wildman–Crippen LogP) is 3.35. The van der Waals surface area contributed by atoms with Crippen LogP contribution in [0.4, 0.5) is 5.69 Å². The summed E-state index contributed by atoms with van der Waals surface area (Å²) < 4.78 is 5.24. The number of fused-ring (bicyclic) bond motifs is 1. The zero-order chi connectivity index (χ0) is 16.9. The summed E-state index contributed by atoms with van der Waals surface area (Å²) in [4.78, 5) is 11.5. The molecule has 1 aromatic heterocycles. The van der Waals surface area contributed by atoms with Crippen LogP contribution in [0.2, 0.25) is 0 Å². The van der Waals surface area contributed by atoms with Crippen LogP contribution in [-0.4, -0.2) is 43.2 Å². The first kappa shape index (κ1) is 15.6. The molecular weight excluding hydrogens is 330 g/mol. The molecule has 2 saturated heterocycles. The number of methoxy groups -OCH3 is 1. The van der Waals surface area contributed by atoms with Crippen LogP contribution in [0.15, 0.2) is 24.3 Å². The van der Waals surface area contributed by atoms with Crippen LogP contribution in [0.25, 0.3) is 0 Å². The van der Waals surface area contributed by atoms with Gasteiger partial charge in [0.15, 0.2) is 0 Å². The molecule has 4 nitrogen and oxygen atoms in total. The molecule has 2 fully saturated rings. The van der Waals surface area contributed by atoms with Gasteiger partial charge in [-0.1, -0.05) is 0 Å². The van der Waals surface area contributed by atoms with Crippen molar-refractivity contribution in [3.8, 4) is 5.75 Å². The maximum Gasteiger partial charge on any atom is 0.119 e. The molecule has 0 unspecified atom stereocenters. The Hall–Kier alpha value is -1.59. The molecule has 0 atom stereocenters. The molecule has 5 heteroatoms. The van der Waals surface area contributed by atoms with Gasteiger partial charge in [-0.05, 0) is 49.9 Å². The van der Waals surface area contributed by atoms with Crippen LogP contribution in [0.3, 0.4) is 0 Å². The summed E-state index contributed by atoms with van der Waals surface area (Å²) in [7, 11) is 1.72. The SMILES string of the molecule is COc1ccc(N2CC3(CN(Cc4nc5c(s4)CCCC5)C3)C2)cc1. The predicted molar refractivity (Wildman–Crippen MR) is 102 cm³/mol. The van der Waals surface area contributed by atoms with E-state index >= 15 is 0 Å². The summed E-state index contributed by atoms with van der Waals surface area (Å²) in [6.45, 7) is 5.88. The lowest BCUT2D eigenvalue weighted by Gasteiger charge is -2.61. The van der Waals surface area contributed by atoms with Gasteiger partial charge in [0.2, 0.25) is 0 Å². The van der Waals surface area contributed by atoms with Crippen molar-refractivity contribution in [2.75, 3.05) is 38.2 Å². The minimum absolute atomic E-state index is 0.525. The first-order chi connectivity index (χ1) is 12.2. The highest BCUT2D eigenvalue weighted by atomic mass is 32.1. The Bertz CT molecular complexity index is 732. The minimum atomic E-state index is 0.525. The summed E-state index contributed by atoms with van der Waals surface area (Å²) in [6.07, 6.45) is 5.13. The zero-order valence-corrected chi connectivity index (χ0v) is 15.6. The number of anilines is 1. The third-order valence-corrected chi connectivity index (χ3v) is 7.00. The number of nitrogens with zero attached hydrogens (tertiary/aromatic N) is 3. The number of thiazole rings is 1. The van der Waals surface area contributed by atoms with Crippen LogP contribution in [0, 0.1) is 5.41 Å². The van der Waals surface area contributed by atoms with Gasteiger partial charge in [-0.25, -0.2) is 4.98 Å². The minimum Gasteiger partial charge on any atom is -0.497 e. The summed E-state index contributed by atoms with van der Waals surface area (Å²) in [5.41, 5.74) is 3.24. The highest BCUT2D eigenvalue weighted by Gasteiger charge is 2.51. The Balaban J connectivity index is 1.14. The summed E-state index contributed by atoms with van der Waals surface area (Å²) in [5.74, 6) is 0.931. The van der Waals surface area contributed by atoms with Crippen molar-refractivity contribution in [2.24, 2.45) is 5.41 Å². The molecule has 1 aliphatic carbocycles. The Morgan fingerprint density at radius 1 is 1.08 bits per heavy atom. The number of hydrogen-bond acceptors (Lipinski definition) is 5. The normalized spacial score (nSPS) is 21.6. The van der Waals surface area contributed by atoms with Crippen LogP contribution in [0.5, 0.6) is 5.75 Å². The first-order valence-corrected chi connectivity index (χ1v) is 10.1. The highest BCUT2D eigenvalue weighted by molar-refractivity contribution is 7.11. The smallest absolute Gasteiger partial charge is 0.119 e. The largest absolute Gasteiger partial charge is 0.497 e. The number of aryl methyl sites for hydroxylation is 2. The Morgan fingerprint density at radius 3 is 2.56 bits per heavy atom. The molecule has 2 aromatic rings. The number of ether oxygens (including phenoxy) is 1. The molecule has 2 aliphatic heterocycles. The van der Waals surface area contributed by atoms with Crippen molar-refractivity contribution < 1.29 is 4.74 Å². The zero-order valence-electron chi connectivity index (χ0n) is 14.8. The molecule has 0 amide bonds. The lowest BCUT2D eigenvalue weighted by atomic mass is 9.72. The summed E-state index contributed by atoms with van der Waals surface area (Å²) in [6, 6.07) is 8.44. The van der Waals surface area contributed by atoms with Crippen LogP contribution in [0.1, 0.15) is 28.4 Å². The molecule has 0 saturated carbocycles. The van der Waals surface area contributed by atoms with Gasteiger partial charge in [-0.2, -0.15) is 0 Å². The molecule has 132 valence electrons. The van der Waals surface area contributed by atoms with Crippen LogP contribution < -0.4 is 9.64 Å². The van der Waals surface area contributed by atoms with E-state index in [-0.39, 0.29) is 0 Å². The fraction of sp³-hybridized carbons (Fsp3) is 0.550. The summed E-state index contributed by atoms with van der Waals surface area (Å²) in [5, 5.41) is 1.34. The second-order valence-electron chi connectivity index (χ2n) is 7.88. The van der Waals surface area contributed by atoms with Gasteiger partial charge in [0.1, 0.15) is 10.8 Å². The van der Waals surface area contributed by atoms with Gasteiger partial charge < -0.3 is 9.64 Å². The number of hydrogen-bond donors (Lipinski definition) is 0. The number of benzene rings is 1. The van der Waals surface area contributed by atoms with Crippen molar-refractivity contribution in [3.63, 3.8) is 0 Å². The Morgan fingerprint density at radius 2 is 1.84 bits per heavy atom. The van der Waals surface area contributed by atoms with E-state index in [9.17, 15) is 0 Å². The third-order valence-electron chi connectivity index (χ3n) is 5.86. The van der Waals surface area contributed by atoms with Gasteiger partial charge in [0, 0.05) is 42.2 Å². The lowest BCUT2D eigenvalue weighted by molar-refractivity contribution is -0.0273. The topological polar surface area (TPSA) is 28.6 Å². The van der Waals surface area contributed by atoms with Crippen molar-refractivity contribution in [1.29, 1.82) is 0 Å². The molecule has 0 bridgehead atoms. The Labute approximate surface area is 153 Å². The molecule has 1 spiro atoms. The van der Waals surface area contributed by atoms with Gasteiger partial charge >= 0.3 is 0 Å². The van der Waals surface area contributed by atoms with Crippen molar-refractivity contribution >= 4 is 17.0 Å². The lowest BCUT2D eigenvalue weighted by Crippen LogP contribution is -2.71. The molecule has 5 rings (SSSR count). The van der Waals surface area contributed by atoms with E-state index in [4.69, 9.17) is 9.72 Å². The number of rotatable bonds is 4. The van der Waals surface area contributed by atoms with E-state index in [1.807, 2.05) is 11.3 Å². The Kier molecular flexibility index (Phi) is 3.75. The van der Waals surface area contributed by atoms with Gasteiger partial charge in [0.25, 0.3) is 0 Å². The highest BCUT2D eigenvalue weighted by Crippen LogP contribution is 2.43. The fourth-order valence-electron chi connectivity index (χ4n) is 4.62. The van der Waals surface area contributed by atoms with Gasteiger partial charge in [0.05, 0.1) is 19.3 Å². The molecule has 0 radical (unpaired) electrons. The summed E-state index contributed by atoms with van der Waals surface area (Å²) >= 11 is 1.96. The van der Waals surface area contributed by atoms with Gasteiger partial charge in [-0.3, -0.25) is 4.90 Å². The second kappa shape index (κ2) is 5.99. The maximum atomic E-state index is 5.24. The quantitative estimate of drug-likeness (QED) is 0.841. The fourth-order valence-corrected chi connectivity index (χ4v) is 5.82. The van der Waals surface area contributed by atoms with E-state index in [1.165, 1.54) is 68.3 Å². The number of aromatic nitrogens is 1. The standard InChI is InChI=1S/C20H25N3OS/c1-24-16-8-6-15(7-9-16)23-13-20(14-23)11-22(12-20)10-19-21-17-4-2-3-5-18(17)25-19/h6-9H,2-5,10-14H2,1H3. The van der Waals surface area contributed by atoms with E-state index < -0.39 is 0 Å². The average molecular weight is 356 g/mol. The average Bonchev–Trinajstić information content (AvgIpc) is 2.98. The third kappa shape index (κ3) is 2.83. The molecule has 3 aliphatic rings. The van der Waals surface area contributed by atoms with Crippen molar-refractivity contribution in [2.45, 2.75) is 32.2 Å². The van der Waals surface area contributed by atoms with Crippen molar-refractivity contribution in [3.05, 3.63) is 39.8 Å². The number of likely N-dealkylation sites (tertiary alicyclic amines) is 1. The molecule has 1 aromatic carbocycles. The second-order valence-corrected chi connectivity index (χ2v) is 9.05. The van der Waals surface area contributed by atoms with E-state index in [0.29, 0.717) is 5.41 Å². The van der Waals surface area contributed by atoms with Crippen molar-refractivity contribution in [1.82, 2.24) is 9.88 Å². The van der Waals surface area contributed by atoms with Crippen LogP contribution in [-0.2, 0) is 19.4 Å². The van der Waals surface area contributed by atoms with E-state index in [2.05, 4.69) is 34.1 Å². The van der Waals surface area contributed by atoms with E-state index in [0.717, 1.165) is 12.3 Å². The maximum absolute atomic E-state index is 5.24. The first-order valence-electron chi connectivity index (χ1n) is 9.32. The monoisotopic (exact) mass is 355 g/mol. The molecule has 0 N–H and O–H groups in total. The van der Waals surface area contributed by atoms with E-state index in [1.54, 1.807) is 12.0 Å². The molecular formula is C20H25N3OS. The van der Waals surface area contributed by atoms with Crippen LogP contribution >= 0.6 is 11.3 Å². The molecule has 25 heavy (non-hydrogen) atoms. The molecule has 3 heterocycles. The van der Waals surface area contributed by atoms with Gasteiger partial charge in [-0.15, -0.1) is 11.3 Å².